The van der Waals surface area contributed by atoms with Gasteiger partial charge in [-0.2, -0.15) is 0 Å². The molecule has 1 N–H and O–H groups in total. The van der Waals surface area contributed by atoms with Crippen molar-refractivity contribution in [2.24, 2.45) is 14.1 Å². The number of ether oxygens (including phenoxy) is 2. The number of hydrogen-bond donors (Lipinski definition) is 1. The third-order valence-electron chi connectivity index (χ3n) is 10.4. The summed E-state index contributed by atoms with van der Waals surface area (Å²) < 4.78 is 54.6. The number of rotatable bonds is 12. The van der Waals surface area contributed by atoms with Gasteiger partial charge in [-0.25, -0.2) is 28.3 Å². The quantitative estimate of drug-likeness (QED) is 0.0949. The summed E-state index contributed by atoms with van der Waals surface area (Å²) in [7, 11) is 5.92. The van der Waals surface area contributed by atoms with Crippen molar-refractivity contribution in [1.82, 2.24) is 28.2 Å². The zero-order chi connectivity index (χ0) is 46.9. The number of nitrogens with one attached hydrogen (secondary N) is 1. The predicted molar refractivity (Wildman–Crippen MR) is 247 cm³/mol. The van der Waals surface area contributed by atoms with Crippen molar-refractivity contribution >= 4 is 66.0 Å². The van der Waals surface area contributed by atoms with Crippen molar-refractivity contribution in [2.45, 2.75) is 36.7 Å². The number of furan rings is 2. The highest BCUT2D eigenvalue weighted by Crippen LogP contribution is 2.34. The van der Waals surface area contributed by atoms with Crippen molar-refractivity contribution in [1.29, 1.82) is 0 Å². The van der Waals surface area contributed by atoms with Crippen LogP contribution in [-0.2, 0) is 43.7 Å². The Morgan fingerprint density at radius 2 is 1.61 bits per heavy atom. The summed E-state index contributed by atoms with van der Waals surface area (Å²) in [5.41, 5.74) is -0.461. The molecule has 0 saturated heterocycles. The lowest BCUT2D eigenvalue weighted by Gasteiger charge is -2.14. The third-order valence-corrected chi connectivity index (χ3v) is 12.6. The number of nitrogens with zero attached hydrogens (tertiary/aromatic N) is 6. The lowest BCUT2D eigenvalue weighted by atomic mass is 10.1. The van der Waals surface area contributed by atoms with E-state index in [2.05, 4.69) is 15.3 Å². The minimum Gasteiger partial charge on any atom is -0.497 e. The van der Waals surface area contributed by atoms with Crippen LogP contribution in [0.25, 0.3) is 42.9 Å². The molecule has 6 aromatic heterocycles. The molecule has 9 rings (SSSR count). The Morgan fingerprint density at radius 1 is 0.833 bits per heavy atom. The van der Waals surface area contributed by atoms with E-state index >= 15 is 0 Å². The van der Waals surface area contributed by atoms with Gasteiger partial charge in [-0.1, -0.05) is 36.4 Å². The Bertz CT molecular complexity index is 3520. The van der Waals surface area contributed by atoms with Crippen LogP contribution in [0.15, 0.2) is 137 Å². The summed E-state index contributed by atoms with van der Waals surface area (Å²) in [5, 5.41) is 4.05. The van der Waals surface area contributed by atoms with E-state index in [4.69, 9.17) is 18.3 Å². The molecule has 9 aromatic rings. The summed E-state index contributed by atoms with van der Waals surface area (Å²) in [6, 6.07) is 25.2. The fraction of sp³-hybridized carbons (Fsp3) is 0.196. The van der Waals surface area contributed by atoms with Crippen molar-refractivity contribution in [3.8, 4) is 23.1 Å². The first kappa shape index (κ1) is 45.0. The third kappa shape index (κ3) is 8.91. The molecule has 6 heterocycles. The van der Waals surface area contributed by atoms with Crippen LogP contribution in [0.2, 0.25) is 0 Å². The number of aryl methyl sites for hydroxylation is 1. The maximum Gasteiger partial charge on any atom is 0.332 e. The summed E-state index contributed by atoms with van der Waals surface area (Å²) in [6.45, 7) is 0.503. The molecular weight excluding hydrogens is 897 g/mol. The molecule has 0 fully saturated rings. The van der Waals surface area contributed by atoms with E-state index in [9.17, 15) is 32.8 Å². The predicted octanol–water partition coefficient (Wildman–Crippen LogP) is 7.37. The Morgan fingerprint density at radius 3 is 2.32 bits per heavy atom. The standard InChI is InChI=1S/C25H21N3O6S.C21H18F2N4O3S/c1-32-15-9-10-18(19(12-15)33-2)26-21(29)14-27-22-17-7-3-4-8-20(17)35-23(22)24(30)28(25(27)31)13-16-6-5-11-34-16;1-21(22,23)13-7-4-6-12(10-13)11-31-18-15-17(26(2)20(29)27(3)19(15)28)24-16(25-18)14-8-5-9-30-14/h3-12H,13-14H2,1-2H3,(H,26,29);4-10H,11H2,1-3H3. The molecule has 0 radical (unpaired) electrons. The topological polar surface area (TPSA) is 188 Å². The molecule has 66 heavy (non-hydrogen) atoms. The molecule has 0 spiro atoms. The molecular formula is C46H39F2N7O9S2. The van der Waals surface area contributed by atoms with Crippen LogP contribution in [-0.4, -0.2) is 48.4 Å². The van der Waals surface area contributed by atoms with Crippen molar-refractivity contribution in [2.75, 3.05) is 19.5 Å². The number of halogens is 2. The minimum atomic E-state index is -2.96. The highest BCUT2D eigenvalue weighted by Gasteiger charge is 2.25. The summed E-state index contributed by atoms with van der Waals surface area (Å²) in [5.74, 6) is -1.06. The molecule has 0 bridgehead atoms. The number of hydrogen-bond acceptors (Lipinski definition) is 13. The number of anilines is 1. The first-order valence-corrected chi connectivity index (χ1v) is 21.8. The maximum absolute atomic E-state index is 13.7. The first-order chi connectivity index (χ1) is 31.7. The summed E-state index contributed by atoms with van der Waals surface area (Å²) in [4.78, 5) is 74.0. The summed E-state index contributed by atoms with van der Waals surface area (Å²) >= 11 is 2.49. The number of thioether (sulfide) groups is 1. The van der Waals surface area contributed by atoms with E-state index in [1.165, 1.54) is 85.2 Å². The number of benzene rings is 3. The lowest BCUT2D eigenvalue weighted by molar-refractivity contribution is -0.116. The zero-order valence-electron chi connectivity index (χ0n) is 35.9. The molecule has 16 nitrogen and oxygen atoms in total. The van der Waals surface area contributed by atoms with Gasteiger partial charge in [0.2, 0.25) is 5.91 Å². The average Bonchev–Trinajstić information content (AvgIpc) is 4.13. The Balaban J connectivity index is 0.000000181. The number of carbonyl (C=O) groups is 1. The second-order valence-corrected chi connectivity index (χ2v) is 16.9. The van der Waals surface area contributed by atoms with Gasteiger partial charge in [0.25, 0.3) is 17.0 Å². The molecule has 338 valence electrons. The maximum atomic E-state index is 13.7. The van der Waals surface area contributed by atoms with Gasteiger partial charge in [-0.15, -0.1) is 23.1 Å². The van der Waals surface area contributed by atoms with Gasteiger partial charge in [0.05, 0.1) is 44.5 Å². The van der Waals surface area contributed by atoms with E-state index < -0.39 is 34.3 Å². The number of fused-ring (bicyclic) bond motifs is 4. The highest BCUT2D eigenvalue weighted by atomic mass is 32.2. The monoisotopic (exact) mass is 935 g/mol. The Kier molecular flexibility index (Phi) is 12.6. The van der Waals surface area contributed by atoms with E-state index in [-0.39, 0.29) is 35.5 Å². The van der Waals surface area contributed by atoms with Crippen LogP contribution in [0.4, 0.5) is 14.5 Å². The van der Waals surface area contributed by atoms with Crippen LogP contribution in [0.1, 0.15) is 23.8 Å². The summed E-state index contributed by atoms with van der Waals surface area (Å²) in [6.07, 6.45) is 2.95. The largest absolute Gasteiger partial charge is 0.497 e. The molecule has 3 aromatic carbocycles. The highest BCUT2D eigenvalue weighted by molar-refractivity contribution is 7.98. The van der Waals surface area contributed by atoms with Crippen LogP contribution in [0, 0.1) is 0 Å². The van der Waals surface area contributed by atoms with E-state index in [0.29, 0.717) is 55.3 Å². The van der Waals surface area contributed by atoms with Crippen LogP contribution in [0.3, 0.4) is 0 Å². The van der Waals surface area contributed by atoms with Gasteiger partial charge in [0, 0.05) is 48.5 Å². The number of amides is 1. The van der Waals surface area contributed by atoms with Crippen molar-refractivity contribution in [3.05, 3.63) is 162 Å². The molecule has 0 unspecified atom stereocenters. The second kappa shape index (κ2) is 18.5. The molecule has 0 aliphatic heterocycles. The molecule has 0 aliphatic rings. The number of alkyl halides is 2. The number of methoxy groups -OCH3 is 2. The smallest absolute Gasteiger partial charge is 0.332 e. The average molecular weight is 936 g/mol. The van der Waals surface area contributed by atoms with Gasteiger partial charge in [0.15, 0.2) is 17.2 Å². The zero-order valence-corrected chi connectivity index (χ0v) is 37.5. The van der Waals surface area contributed by atoms with Crippen molar-refractivity contribution in [3.63, 3.8) is 0 Å². The van der Waals surface area contributed by atoms with Crippen LogP contribution >= 0.6 is 23.1 Å². The molecule has 1 amide bonds. The number of thiophene rings is 1. The van der Waals surface area contributed by atoms with Gasteiger partial charge in [0.1, 0.15) is 38.9 Å². The van der Waals surface area contributed by atoms with E-state index in [1.807, 2.05) is 24.3 Å². The van der Waals surface area contributed by atoms with Gasteiger partial charge < -0.3 is 23.6 Å². The normalized spacial score (nSPS) is 11.5. The lowest BCUT2D eigenvalue weighted by Crippen LogP contribution is -2.41. The fourth-order valence-electron chi connectivity index (χ4n) is 7.11. The molecule has 20 heteroatoms. The van der Waals surface area contributed by atoms with Crippen molar-refractivity contribution < 1.29 is 31.9 Å². The van der Waals surface area contributed by atoms with Crippen LogP contribution < -0.4 is 37.3 Å². The Labute approximate surface area is 380 Å². The van der Waals surface area contributed by atoms with E-state index in [0.717, 1.165) is 26.1 Å². The fourth-order valence-corrected chi connectivity index (χ4v) is 9.22. The number of aromatic nitrogens is 6. The minimum absolute atomic E-state index is 0.0389. The van der Waals surface area contributed by atoms with Gasteiger partial charge >= 0.3 is 11.4 Å². The first-order valence-electron chi connectivity index (χ1n) is 20.0. The Hall–Kier alpha value is -7.58. The van der Waals surface area contributed by atoms with Gasteiger partial charge in [-0.05, 0) is 54.1 Å². The second-order valence-electron chi connectivity index (χ2n) is 14.8. The molecule has 0 saturated carbocycles. The van der Waals surface area contributed by atoms with Gasteiger partial charge in [-0.3, -0.25) is 32.7 Å². The molecule has 0 atom stereocenters. The van der Waals surface area contributed by atoms with E-state index in [1.54, 1.807) is 54.6 Å². The van der Waals surface area contributed by atoms with Crippen LogP contribution in [0.5, 0.6) is 11.5 Å². The molecule has 0 aliphatic carbocycles. The number of carbonyl (C=O) groups excluding carboxylic acids is 1. The SMILES string of the molecule is COc1ccc(NC(=O)Cn2c(=O)n(Cc3ccco3)c(=O)c3sc4ccccc4c32)c(OC)c1.Cn1c(=O)c2c(SCc3cccc(C(C)(F)F)c3)nc(-c3ccco3)nc2n(C)c1=O.